The number of carbonyl (C=O) groups is 2. The van der Waals surface area contributed by atoms with E-state index < -0.39 is 5.97 Å². The van der Waals surface area contributed by atoms with Gasteiger partial charge in [0.05, 0.1) is 7.11 Å². The number of aryl methyl sites for hydroxylation is 2. The number of amides is 1. The van der Waals surface area contributed by atoms with E-state index in [9.17, 15) is 9.59 Å². The lowest BCUT2D eigenvalue weighted by Crippen LogP contribution is -2.12. The number of ether oxygens (including phenoxy) is 1. The van der Waals surface area contributed by atoms with Gasteiger partial charge in [0.1, 0.15) is 5.75 Å². The Kier molecular flexibility index (Phi) is 6.37. The van der Waals surface area contributed by atoms with Crippen LogP contribution >= 0.6 is 0 Å². The third-order valence-electron chi connectivity index (χ3n) is 3.64. The number of methoxy groups -OCH3 is 1. The highest BCUT2D eigenvalue weighted by molar-refractivity contribution is 5.90. The zero-order valence-electron chi connectivity index (χ0n) is 13.6. The van der Waals surface area contributed by atoms with E-state index in [4.69, 9.17) is 9.84 Å². The lowest BCUT2D eigenvalue weighted by molar-refractivity contribution is -0.137. The number of hydrogen-bond donors (Lipinski definition) is 2. The van der Waals surface area contributed by atoms with Crippen LogP contribution < -0.4 is 10.1 Å². The molecular weight excluding hydrogens is 306 g/mol. The molecule has 0 heterocycles. The molecule has 0 aliphatic carbocycles. The summed E-state index contributed by atoms with van der Waals surface area (Å²) in [5, 5.41) is 11.6. The van der Waals surface area contributed by atoms with E-state index in [1.165, 1.54) is 0 Å². The third kappa shape index (κ3) is 5.76. The lowest BCUT2D eigenvalue weighted by atomic mass is 10.1. The topological polar surface area (TPSA) is 75.6 Å². The molecule has 2 rings (SSSR count). The highest BCUT2D eigenvalue weighted by atomic mass is 16.5. The van der Waals surface area contributed by atoms with Crippen molar-refractivity contribution in [1.82, 2.24) is 0 Å². The molecule has 0 bridgehead atoms. The van der Waals surface area contributed by atoms with Crippen LogP contribution in [0.2, 0.25) is 0 Å². The summed E-state index contributed by atoms with van der Waals surface area (Å²) in [6, 6.07) is 14.9. The minimum atomic E-state index is -0.830. The van der Waals surface area contributed by atoms with Gasteiger partial charge in [0.2, 0.25) is 5.91 Å². The van der Waals surface area contributed by atoms with Crippen LogP contribution in [0.4, 0.5) is 5.69 Å². The van der Waals surface area contributed by atoms with E-state index in [1.54, 1.807) is 13.2 Å². The van der Waals surface area contributed by atoms with Crippen LogP contribution in [-0.2, 0) is 22.4 Å². The van der Waals surface area contributed by atoms with Gasteiger partial charge in [-0.05, 0) is 48.2 Å². The number of aliphatic carboxylic acids is 1. The normalized spacial score (nSPS) is 10.2. The number of nitrogens with one attached hydrogen (secondary N) is 1. The molecule has 5 nitrogen and oxygen atoms in total. The van der Waals surface area contributed by atoms with Crippen molar-refractivity contribution < 1.29 is 19.4 Å². The Balaban J connectivity index is 1.85. The van der Waals surface area contributed by atoms with E-state index >= 15 is 0 Å². The molecule has 24 heavy (non-hydrogen) atoms. The standard InChI is InChI=1S/C19H21NO4/c1-24-17-9-5-14(6-10-17)7-11-18(21)20-16-4-2-3-15(13-16)8-12-19(22)23/h2-6,9-10,13H,7-8,11-12H2,1H3,(H,20,21)(H,22,23). The molecule has 0 aliphatic heterocycles. The third-order valence-corrected chi connectivity index (χ3v) is 3.64. The van der Waals surface area contributed by atoms with Gasteiger partial charge in [0.25, 0.3) is 0 Å². The summed E-state index contributed by atoms with van der Waals surface area (Å²) in [6.45, 7) is 0. The Morgan fingerprint density at radius 3 is 2.38 bits per heavy atom. The van der Waals surface area contributed by atoms with Crippen molar-refractivity contribution in [2.75, 3.05) is 12.4 Å². The van der Waals surface area contributed by atoms with Gasteiger partial charge < -0.3 is 15.2 Å². The van der Waals surface area contributed by atoms with E-state index in [-0.39, 0.29) is 12.3 Å². The molecule has 0 radical (unpaired) electrons. The fraction of sp³-hybridized carbons (Fsp3) is 0.263. The number of carboxylic acids is 1. The first kappa shape index (κ1) is 17.5. The van der Waals surface area contributed by atoms with Crippen molar-refractivity contribution >= 4 is 17.6 Å². The molecule has 0 atom stereocenters. The van der Waals surface area contributed by atoms with Crippen molar-refractivity contribution in [1.29, 1.82) is 0 Å². The molecular formula is C19H21NO4. The molecule has 0 saturated carbocycles. The SMILES string of the molecule is COc1ccc(CCC(=O)Nc2cccc(CCC(=O)O)c2)cc1. The van der Waals surface area contributed by atoms with Gasteiger partial charge in [-0.15, -0.1) is 0 Å². The van der Waals surface area contributed by atoms with Crippen molar-refractivity contribution in [2.24, 2.45) is 0 Å². The van der Waals surface area contributed by atoms with Gasteiger partial charge in [-0.3, -0.25) is 9.59 Å². The average Bonchev–Trinajstić information content (AvgIpc) is 2.59. The number of carbonyl (C=O) groups excluding carboxylic acids is 1. The monoisotopic (exact) mass is 327 g/mol. The predicted molar refractivity (Wildman–Crippen MR) is 92.3 cm³/mol. The van der Waals surface area contributed by atoms with Gasteiger partial charge in [-0.1, -0.05) is 24.3 Å². The molecule has 0 spiro atoms. The molecule has 5 heteroatoms. The second-order valence-corrected chi connectivity index (χ2v) is 5.49. The molecule has 0 unspecified atom stereocenters. The second kappa shape index (κ2) is 8.72. The molecule has 0 aromatic heterocycles. The predicted octanol–water partition coefficient (Wildman–Crippen LogP) is 3.28. The summed E-state index contributed by atoms with van der Waals surface area (Å²) in [7, 11) is 1.62. The van der Waals surface area contributed by atoms with Crippen LogP contribution in [0.5, 0.6) is 5.75 Å². The van der Waals surface area contributed by atoms with Crippen LogP contribution in [0.1, 0.15) is 24.0 Å². The largest absolute Gasteiger partial charge is 0.497 e. The van der Waals surface area contributed by atoms with Gasteiger partial charge in [0.15, 0.2) is 0 Å². The van der Waals surface area contributed by atoms with Gasteiger partial charge >= 0.3 is 5.97 Å². The summed E-state index contributed by atoms with van der Waals surface area (Å²) in [6.07, 6.45) is 1.56. The molecule has 1 amide bonds. The molecule has 126 valence electrons. The Morgan fingerprint density at radius 1 is 1.00 bits per heavy atom. The van der Waals surface area contributed by atoms with Crippen LogP contribution in [-0.4, -0.2) is 24.1 Å². The van der Waals surface area contributed by atoms with Crippen molar-refractivity contribution in [3.63, 3.8) is 0 Å². The number of benzene rings is 2. The Labute approximate surface area is 141 Å². The Bertz CT molecular complexity index is 695. The Hall–Kier alpha value is -2.82. The van der Waals surface area contributed by atoms with E-state index in [0.717, 1.165) is 16.9 Å². The van der Waals surface area contributed by atoms with Crippen molar-refractivity contribution in [3.05, 3.63) is 59.7 Å². The molecule has 0 saturated heterocycles. The summed E-state index contributed by atoms with van der Waals surface area (Å²) >= 11 is 0. The first-order valence-corrected chi connectivity index (χ1v) is 7.80. The number of hydrogen-bond acceptors (Lipinski definition) is 3. The van der Waals surface area contributed by atoms with Gasteiger partial charge in [-0.25, -0.2) is 0 Å². The van der Waals surface area contributed by atoms with E-state index in [2.05, 4.69) is 5.32 Å². The number of anilines is 1. The van der Waals surface area contributed by atoms with Crippen LogP contribution in [0, 0.1) is 0 Å². The molecule has 2 aromatic carbocycles. The maximum absolute atomic E-state index is 12.1. The highest BCUT2D eigenvalue weighted by Gasteiger charge is 2.05. The fourth-order valence-corrected chi connectivity index (χ4v) is 2.33. The number of rotatable bonds is 8. The van der Waals surface area contributed by atoms with Crippen LogP contribution in [0.3, 0.4) is 0 Å². The van der Waals surface area contributed by atoms with Gasteiger partial charge in [0, 0.05) is 18.5 Å². The molecule has 0 aliphatic rings. The average molecular weight is 327 g/mol. The van der Waals surface area contributed by atoms with Gasteiger partial charge in [-0.2, -0.15) is 0 Å². The minimum absolute atomic E-state index is 0.0683. The quantitative estimate of drug-likeness (QED) is 0.780. The fourth-order valence-electron chi connectivity index (χ4n) is 2.33. The summed E-state index contributed by atoms with van der Waals surface area (Å²) in [5.41, 5.74) is 2.66. The Morgan fingerprint density at radius 2 is 1.71 bits per heavy atom. The zero-order chi connectivity index (χ0) is 17.4. The van der Waals surface area contributed by atoms with E-state index in [1.807, 2.05) is 42.5 Å². The zero-order valence-corrected chi connectivity index (χ0v) is 13.6. The summed E-state index contributed by atoms with van der Waals surface area (Å²) < 4.78 is 5.10. The molecule has 2 aromatic rings. The molecule has 0 fully saturated rings. The van der Waals surface area contributed by atoms with E-state index in [0.29, 0.717) is 24.9 Å². The van der Waals surface area contributed by atoms with Crippen LogP contribution in [0.15, 0.2) is 48.5 Å². The molecule has 2 N–H and O–H groups in total. The second-order valence-electron chi connectivity index (χ2n) is 5.49. The van der Waals surface area contributed by atoms with Crippen molar-refractivity contribution in [3.8, 4) is 5.75 Å². The highest BCUT2D eigenvalue weighted by Crippen LogP contribution is 2.15. The maximum atomic E-state index is 12.1. The van der Waals surface area contributed by atoms with Crippen LogP contribution in [0.25, 0.3) is 0 Å². The minimum Gasteiger partial charge on any atom is -0.497 e. The lowest BCUT2D eigenvalue weighted by Gasteiger charge is -2.08. The first-order chi connectivity index (χ1) is 11.6. The first-order valence-electron chi connectivity index (χ1n) is 7.80. The van der Waals surface area contributed by atoms with Crippen molar-refractivity contribution in [2.45, 2.75) is 25.7 Å². The summed E-state index contributed by atoms with van der Waals surface area (Å²) in [4.78, 5) is 22.7. The summed E-state index contributed by atoms with van der Waals surface area (Å²) in [5.74, 6) is -0.105. The smallest absolute Gasteiger partial charge is 0.303 e. The maximum Gasteiger partial charge on any atom is 0.303 e. The number of carboxylic acid groups (broad SMARTS) is 1.